The van der Waals surface area contributed by atoms with Crippen LogP contribution in [0.1, 0.15) is 36.5 Å². The summed E-state index contributed by atoms with van der Waals surface area (Å²) in [4.78, 5) is 15.6. The van der Waals surface area contributed by atoms with E-state index in [9.17, 15) is 4.79 Å². The Bertz CT molecular complexity index is 388. The van der Waals surface area contributed by atoms with Crippen LogP contribution >= 0.6 is 11.6 Å². The third-order valence-corrected chi connectivity index (χ3v) is 3.07. The number of hydrogen-bond acceptors (Lipinski definition) is 2. The third kappa shape index (κ3) is 2.29. The number of hydrogen-bond donors (Lipinski definition) is 1. The Balaban J connectivity index is 2.08. The first-order valence-electron chi connectivity index (χ1n) is 5.03. The van der Waals surface area contributed by atoms with Crippen LogP contribution in [0.3, 0.4) is 0 Å². The summed E-state index contributed by atoms with van der Waals surface area (Å²) in [6, 6.07) is 3.25. The van der Waals surface area contributed by atoms with Gasteiger partial charge in [-0.1, -0.05) is 11.6 Å². The summed E-state index contributed by atoms with van der Waals surface area (Å²) in [7, 11) is 0. The van der Waals surface area contributed by atoms with Gasteiger partial charge in [-0.15, -0.1) is 0 Å². The number of pyridine rings is 1. The number of nitrogens with one attached hydrogen (secondary N) is 1. The number of halogens is 1. The summed E-state index contributed by atoms with van der Waals surface area (Å²) >= 11 is 5.72. The molecule has 0 aliphatic heterocycles. The quantitative estimate of drug-likeness (QED) is 0.784. The third-order valence-electron chi connectivity index (χ3n) is 2.86. The molecular formula is C11H13ClN2O. The van der Waals surface area contributed by atoms with Gasteiger partial charge in [-0.3, -0.25) is 4.79 Å². The first kappa shape index (κ1) is 10.4. The molecule has 0 saturated heterocycles. The van der Waals surface area contributed by atoms with Crippen molar-refractivity contribution < 1.29 is 4.79 Å². The predicted molar refractivity (Wildman–Crippen MR) is 59.0 cm³/mol. The van der Waals surface area contributed by atoms with Gasteiger partial charge in [-0.25, -0.2) is 4.98 Å². The van der Waals surface area contributed by atoms with E-state index < -0.39 is 0 Å². The fraction of sp³-hybridized carbons (Fsp3) is 0.455. The molecule has 0 aromatic carbocycles. The molecule has 0 radical (unpaired) electrons. The van der Waals surface area contributed by atoms with E-state index in [1.54, 1.807) is 18.3 Å². The second-order valence-corrected chi connectivity index (χ2v) is 4.62. The monoisotopic (exact) mass is 224 g/mol. The topological polar surface area (TPSA) is 42.0 Å². The highest BCUT2D eigenvalue weighted by Crippen LogP contribution is 2.31. The predicted octanol–water partition coefficient (Wildman–Crippen LogP) is 2.41. The zero-order chi connectivity index (χ0) is 10.9. The minimum atomic E-state index is -0.0681. The van der Waals surface area contributed by atoms with Gasteiger partial charge in [0.25, 0.3) is 5.91 Å². The molecule has 1 aliphatic carbocycles. The van der Waals surface area contributed by atoms with Crippen molar-refractivity contribution in [2.45, 2.75) is 31.7 Å². The minimum absolute atomic E-state index is 0.0210. The molecule has 15 heavy (non-hydrogen) atoms. The Labute approximate surface area is 93.8 Å². The molecule has 1 aromatic heterocycles. The normalized spacial score (nSPS) is 18.0. The van der Waals surface area contributed by atoms with Crippen molar-refractivity contribution in [1.29, 1.82) is 0 Å². The molecule has 1 heterocycles. The molecule has 0 bridgehead atoms. The van der Waals surface area contributed by atoms with Crippen LogP contribution in [0, 0.1) is 0 Å². The average Bonchev–Trinajstić information content (AvgIpc) is 2.15. The molecule has 80 valence electrons. The van der Waals surface area contributed by atoms with E-state index in [-0.39, 0.29) is 11.4 Å². The van der Waals surface area contributed by atoms with Gasteiger partial charge in [0.1, 0.15) is 5.15 Å². The lowest BCUT2D eigenvalue weighted by atomic mass is 9.78. The van der Waals surface area contributed by atoms with Crippen LogP contribution in [0.2, 0.25) is 5.15 Å². The van der Waals surface area contributed by atoms with Crippen LogP contribution in [0.4, 0.5) is 0 Å². The lowest BCUT2D eigenvalue weighted by molar-refractivity contribution is 0.0850. The van der Waals surface area contributed by atoms with Gasteiger partial charge in [0.15, 0.2) is 0 Å². The molecular weight excluding hydrogens is 212 g/mol. The summed E-state index contributed by atoms with van der Waals surface area (Å²) < 4.78 is 0. The summed E-state index contributed by atoms with van der Waals surface area (Å²) in [5.41, 5.74) is 0.551. The first-order chi connectivity index (χ1) is 7.09. The van der Waals surface area contributed by atoms with Crippen LogP contribution < -0.4 is 5.32 Å². The van der Waals surface area contributed by atoms with E-state index >= 15 is 0 Å². The summed E-state index contributed by atoms with van der Waals surface area (Å²) in [5.74, 6) is -0.0681. The van der Waals surface area contributed by atoms with Crippen molar-refractivity contribution >= 4 is 17.5 Å². The largest absolute Gasteiger partial charge is 0.347 e. The zero-order valence-corrected chi connectivity index (χ0v) is 9.34. The van der Waals surface area contributed by atoms with Gasteiger partial charge in [0.2, 0.25) is 0 Å². The number of aromatic nitrogens is 1. The van der Waals surface area contributed by atoms with Crippen LogP contribution in [0.5, 0.6) is 0 Å². The maximum atomic E-state index is 11.8. The molecule has 1 N–H and O–H groups in total. The molecule has 1 saturated carbocycles. The average molecular weight is 225 g/mol. The van der Waals surface area contributed by atoms with Gasteiger partial charge in [-0.2, -0.15) is 0 Å². The van der Waals surface area contributed by atoms with E-state index in [0.29, 0.717) is 10.7 Å². The highest BCUT2D eigenvalue weighted by molar-refractivity contribution is 6.29. The highest BCUT2D eigenvalue weighted by atomic mass is 35.5. The molecule has 1 amide bonds. The molecule has 1 aromatic rings. The van der Waals surface area contributed by atoms with Gasteiger partial charge < -0.3 is 5.32 Å². The summed E-state index contributed by atoms with van der Waals surface area (Å²) in [6.07, 6.45) is 4.84. The fourth-order valence-corrected chi connectivity index (χ4v) is 1.90. The van der Waals surface area contributed by atoms with E-state index in [0.717, 1.165) is 12.8 Å². The highest BCUT2D eigenvalue weighted by Gasteiger charge is 2.33. The van der Waals surface area contributed by atoms with E-state index in [2.05, 4.69) is 17.2 Å². The zero-order valence-electron chi connectivity index (χ0n) is 8.59. The summed E-state index contributed by atoms with van der Waals surface area (Å²) in [5, 5.41) is 3.36. The van der Waals surface area contributed by atoms with E-state index in [4.69, 9.17) is 11.6 Å². The van der Waals surface area contributed by atoms with Gasteiger partial charge >= 0.3 is 0 Å². The Kier molecular flexibility index (Phi) is 2.65. The van der Waals surface area contributed by atoms with Crippen molar-refractivity contribution in [3.05, 3.63) is 29.0 Å². The van der Waals surface area contributed by atoms with Crippen LogP contribution in [-0.4, -0.2) is 16.4 Å². The van der Waals surface area contributed by atoms with E-state index in [1.165, 1.54) is 6.42 Å². The number of rotatable bonds is 2. The van der Waals surface area contributed by atoms with Gasteiger partial charge in [-0.05, 0) is 38.3 Å². The first-order valence-corrected chi connectivity index (χ1v) is 5.41. The second-order valence-electron chi connectivity index (χ2n) is 4.24. The molecule has 1 aliphatic rings. The van der Waals surface area contributed by atoms with Crippen molar-refractivity contribution in [1.82, 2.24) is 10.3 Å². The Morgan fingerprint density at radius 2 is 2.33 bits per heavy atom. The lowest BCUT2D eigenvalue weighted by Gasteiger charge is -2.39. The number of carbonyl (C=O) groups excluding carboxylic acids is 1. The fourth-order valence-electron chi connectivity index (χ4n) is 1.72. The van der Waals surface area contributed by atoms with Crippen LogP contribution in [0.25, 0.3) is 0 Å². The number of amides is 1. The Hall–Kier alpha value is -1.09. The molecule has 1 fully saturated rings. The van der Waals surface area contributed by atoms with E-state index in [1.807, 2.05) is 0 Å². The smallest absolute Gasteiger partial charge is 0.251 e. The SMILES string of the molecule is CC1(NC(=O)c2ccnc(Cl)c2)CCC1. The second kappa shape index (κ2) is 3.81. The maximum Gasteiger partial charge on any atom is 0.251 e. The van der Waals surface area contributed by atoms with Crippen molar-refractivity contribution in [3.8, 4) is 0 Å². The van der Waals surface area contributed by atoms with Crippen LogP contribution in [0.15, 0.2) is 18.3 Å². The molecule has 4 heteroatoms. The minimum Gasteiger partial charge on any atom is -0.347 e. The molecule has 3 nitrogen and oxygen atoms in total. The standard InChI is InChI=1S/C11H13ClN2O/c1-11(4-2-5-11)14-10(15)8-3-6-13-9(12)7-8/h3,6-7H,2,4-5H2,1H3,(H,14,15). The van der Waals surface area contributed by atoms with Gasteiger partial charge in [0, 0.05) is 17.3 Å². The Morgan fingerprint density at radius 1 is 1.60 bits per heavy atom. The maximum absolute atomic E-state index is 11.8. The van der Waals surface area contributed by atoms with Crippen molar-refractivity contribution in [2.24, 2.45) is 0 Å². The van der Waals surface area contributed by atoms with Crippen molar-refractivity contribution in [3.63, 3.8) is 0 Å². The van der Waals surface area contributed by atoms with Crippen molar-refractivity contribution in [2.75, 3.05) is 0 Å². The Morgan fingerprint density at radius 3 is 2.87 bits per heavy atom. The number of nitrogens with zero attached hydrogens (tertiary/aromatic N) is 1. The number of carbonyl (C=O) groups is 1. The lowest BCUT2D eigenvalue weighted by Crippen LogP contribution is -2.50. The van der Waals surface area contributed by atoms with Gasteiger partial charge in [0.05, 0.1) is 0 Å². The molecule has 0 atom stereocenters. The summed E-state index contributed by atoms with van der Waals surface area (Å²) in [6.45, 7) is 2.07. The molecule has 2 rings (SSSR count). The molecule has 0 unspecified atom stereocenters. The van der Waals surface area contributed by atoms with Crippen LogP contribution in [-0.2, 0) is 0 Å². The molecule has 0 spiro atoms.